The van der Waals surface area contributed by atoms with Crippen LogP contribution in [-0.2, 0) is 16.0 Å². The van der Waals surface area contributed by atoms with Crippen molar-refractivity contribution in [3.63, 3.8) is 0 Å². The van der Waals surface area contributed by atoms with E-state index >= 15 is 0 Å². The number of carbonyl (C=O) groups excluding carboxylic acids is 1. The molecule has 0 heterocycles. The first-order valence-electron chi connectivity index (χ1n) is 4.46. The van der Waals surface area contributed by atoms with E-state index in [0.717, 1.165) is 5.56 Å². The van der Waals surface area contributed by atoms with Crippen LogP contribution in [0.25, 0.3) is 0 Å². The summed E-state index contributed by atoms with van der Waals surface area (Å²) in [6.45, 7) is -0.291. The largest absolute Gasteiger partial charge is 0.480 e. The molecule has 5 heteroatoms. The Kier molecular flexibility index (Phi) is 4.30. The minimum Gasteiger partial charge on any atom is -0.480 e. The Morgan fingerprint density at radius 1 is 1.20 bits per heavy atom. The third-order valence-corrected chi connectivity index (χ3v) is 1.67. The van der Waals surface area contributed by atoms with Crippen molar-refractivity contribution in [3.8, 4) is 0 Å². The highest BCUT2D eigenvalue weighted by atomic mass is 16.4. The summed E-state index contributed by atoms with van der Waals surface area (Å²) in [7, 11) is 0. The average Bonchev–Trinajstić information content (AvgIpc) is 2.18. The average molecular weight is 208 g/mol. The minimum atomic E-state index is -1.02. The van der Waals surface area contributed by atoms with Crippen LogP contribution in [0.3, 0.4) is 0 Å². The van der Waals surface area contributed by atoms with Crippen LogP contribution in [0.4, 0.5) is 0 Å². The highest BCUT2D eigenvalue weighted by Gasteiger charge is 2.02. The fraction of sp³-hybridized carbons (Fsp3) is 0.200. The maximum absolute atomic E-state index is 11.2. The highest BCUT2D eigenvalue weighted by molar-refractivity contribution is 5.78. The molecule has 0 bridgehead atoms. The number of carboxylic acid groups (broad SMARTS) is 1. The lowest BCUT2D eigenvalue weighted by atomic mass is 10.1. The zero-order valence-electron chi connectivity index (χ0n) is 8.06. The Morgan fingerprint density at radius 2 is 1.87 bits per heavy atom. The van der Waals surface area contributed by atoms with Gasteiger partial charge >= 0.3 is 5.97 Å². The van der Waals surface area contributed by atoms with E-state index < -0.39 is 5.97 Å². The number of hydrazine groups is 1. The third kappa shape index (κ3) is 4.78. The SMILES string of the molecule is O=C(O)CNNC(=O)Cc1ccccc1. The van der Waals surface area contributed by atoms with Crippen LogP contribution in [-0.4, -0.2) is 23.5 Å². The molecule has 1 aromatic rings. The topological polar surface area (TPSA) is 78.4 Å². The molecule has 0 aromatic heterocycles. The van der Waals surface area contributed by atoms with Crippen LogP contribution in [0.1, 0.15) is 5.56 Å². The van der Waals surface area contributed by atoms with Gasteiger partial charge in [-0.1, -0.05) is 30.3 Å². The van der Waals surface area contributed by atoms with Crippen molar-refractivity contribution in [1.82, 2.24) is 10.9 Å². The van der Waals surface area contributed by atoms with E-state index in [1.807, 2.05) is 30.3 Å². The smallest absolute Gasteiger partial charge is 0.319 e. The van der Waals surface area contributed by atoms with Gasteiger partial charge in [-0.15, -0.1) is 0 Å². The first kappa shape index (κ1) is 11.2. The lowest BCUT2D eigenvalue weighted by Crippen LogP contribution is -2.41. The highest BCUT2D eigenvalue weighted by Crippen LogP contribution is 1.98. The Balaban J connectivity index is 2.28. The molecular weight excluding hydrogens is 196 g/mol. The van der Waals surface area contributed by atoms with E-state index in [0.29, 0.717) is 0 Å². The van der Waals surface area contributed by atoms with Crippen molar-refractivity contribution in [2.75, 3.05) is 6.54 Å². The molecule has 0 aliphatic rings. The summed E-state index contributed by atoms with van der Waals surface area (Å²) in [5, 5.41) is 8.30. The molecule has 0 atom stereocenters. The molecule has 0 unspecified atom stereocenters. The molecule has 15 heavy (non-hydrogen) atoms. The second-order valence-electron chi connectivity index (χ2n) is 2.96. The number of aliphatic carboxylic acids is 1. The Hall–Kier alpha value is -1.88. The summed E-state index contributed by atoms with van der Waals surface area (Å²) < 4.78 is 0. The third-order valence-electron chi connectivity index (χ3n) is 1.67. The normalized spacial score (nSPS) is 9.60. The summed E-state index contributed by atoms with van der Waals surface area (Å²) in [6, 6.07) is 9.21. The lowest BCUT2D eigenvalue weighted by molar-refractivity contribution is -0.136. The number of hydrogen-bond acceptors (Lipinski definition) is 3. The van der Waals surface area contributed by atoms with E-state index in [1.54, 1.807) is 0 Å². The van der Waals surface area contributed by atoms with Crippen molar-refractivity contribution < 1.29 is 14.7 Å². The maximum atomic E-state index is 11.2. The predicted octanol–water partition coefficient (Wildman–Crippen LogP) is -0.0655. The fourth-order valence-corrected chi connectivity index (χ4v) is 1.04. The maximum Gasteiger partial charge on any atom is 0.319 e. The number of rotatable bonds is 5. The summed E-state index contributed by atoms with van der Waals surface area (Å²) >= 11 is 0. The van der Waals surface area contributed by atoms with Crippen LogP contribution in [0.15, 0.2) is 30.3 Å². The molecular formula is C10H12N2O3. The summed E-state index contributed by atoms with van der Waals surface area (Å²) in [5.41, 5.74) is 5.48. The second-order valence-corrected chi connectivity index (χ2v) is 2.96. The lowest BCUT2D eigenvalue weighted by Gasteiger charge is -2.04. The van der Waals surface area contributed by atoms with Crippen LogP contribution in [0.2, 0.25) is 0 Å². The molecule has 0 spiro atoms. The number of benzene rings is 1. The van der Waals surface area contributed by atoms with E-state index in [2.05, 4.69) is 10.9 Å². The minimum absolute atomic E-state index is 0.230. The molecule has 0 aliphatic carbocycles. The number of carboxylic acids is 1. The summed E-state index contributed by atoms with van der Waals surface area (Å²) in [6.07, 6.45) is 0.230. The van der Waals surface area contributed by atoms with Gasteiger partial charge in [-0.05, 0) is 5.56 Å². The van der Waals surface area contributed by atoms with Crippen molar-refractivity contribution in [2.45, 2.75) is 6.42 Å². The van der Waals surface area contributed by atoms with Gasteiger partial charge in [0.15, 0.2) is 0 Å². The molecule has 0 fully saturated rings. The molecule has 1 aromatic carbocycles. The molecule has 1 amide bonds. The summed E-state index contributed by atoms with van der Waals surface area (Å²) in [4.78, 5) is 21.4. The summed E-state index contributed by atoms with van der Waals surface area (Å²) in [5.74, 6) is -1.28. The predicted molar refractivity (Wildman–Crippen MR) is 53.9 cm³/mol. The monoisotopic (exact) mass is 208 g/mol. The van der Waals surface area contributed by atoms with Gasteiger partial charge in [-0.25, -0.2) is 5.43 Å². The molecule has 5 nitrogen and oxygen atoms in total. The molecule has 0 aliphatic heterocycles. The van der Waals surface area contributed by atoms with Gasteiger partial charge in [0.1, 0.15) is 6.54 Å². The van der Waals surface area contributed by atoms with Crippen LogP contribution < -0.4 is 10.9 Å². The van der Waals surface area contributed by atoms with Crippen molar-refractivity contribution in [2.24, 2.45) is 0 Å². The van der Waals surface area contributed by atoms with Crippen LogP contribution in [0.5, 0.6) is 0 Å². The van der Waals surface area contributed by atoms with E-state index in [9.17, 15) is 9.59 Å². The van der Waals surface area contributed by atoms with Crippen LogP contribution in [0, 0.1) is 0 Å². The van der Waals surface area contributed by atoms with E-state index in [4.69, 9.17) is 5.11 Å². The van der Waals surface area contributed by atoms with Gasteiger partial charge in [-0.2, -0.15) is 0 Å². The zero-order chi connectivity index (χ0) is 11.1. The Labute approximate surface area is 87.1 Å². The molecule has 3 N–H and O–H groups in total. The number of hydrogen-bond donors (Lipinski definition) is 3. The van der Waals surface area contributed by atoms with E-state index in [-0.39, 0.29) is 18.9 Å². The Morgan fingerprint density at radius 3 is 2.47 bits per heavy atom. The van der Waals surface area contributed by atoms with E-state index in [1.165, 1.54) is 0 Å². The van der Waals surface area contributed by atoms with Crippen LogP contribution >= 0.6 is 0 Å². The molecule has 0 saturated heterocycles. The standard InChI is InChI=1S/C10H12N2O3/c13-9(12-11-7-10(14)15)6-8-4-2-1-3-5-8/h1-5,11H,6-7H2,(H,12,13)(H,14,15). The quantitative estimate of drug-likeness (QED) is 0.592. The van der Waals surface area contributed by atoms with Gasteiger partial charge in [0, 0.05) is 0 Å². The zero-order valence-corrected chi connectivity index (χ0v) is 8.06. The number of amides is 1. The first-order chi connectivity index (χ1) is 7.18. The van der Waals surface area contributed by atoms with Gasteiger partial charge in [0.2, 0.25) is 5.91 Å². The van der Waals surface area contributed by atoms with Gasteiger partial charge in [0.25, 0.3) is 0 Å². The molecule has 1 rings (SSSR count). The number of carbonyl (C=O) groups is 2. The van der Waals surface area contributed by atoms with Crippen molar-refractivity contribution in [3.05, 3.63) is 35.9 Å². The molecule has 80 valence electrons. The van der Waals surface area contributed by atoms with Crippen molar-refractivity contribution in [1.29, 1.82) is 0 Å². The Bertz CT molecular complexity index is 338. The first-order valence-corrected chi connectivity index (χ1v) is 4.46. The number of nitrogens with one attached hydrogen (secondary N) is 2. The molecule has 0 radical (unpaired) electrons. The molecule has 0 saturated carbocycles. The van der Waals surface area contributed by atoms with Crippen molar-refractivity contribution >= 4 is 11.9 Å². The fourth-order valence-electron chi connectivity index (χ4n) is 1.04. The van der Waals surface area contributed by atoms with Gasteiger partial charge in [0.05, 0.1) is 6.42 Å². The van der Waals surface area contributed by atoms with Gasteiger partial charge in [-0.3, -0.25) is 15.0 Å². The van der Waals surface area contributed by atoms with Gasteiger partial charge < -0.3 is 5.11 Å². The second kappa shape index (κ2) is 5.77.